The van der Waals surface area contributed by atoms with Gasteiger partial charge in [-0.15, -0.1) is 10.2 Å². The highest BCUT2D eigenvalue weighted by Gasteiger charge is 2.52. The van der Waals surface area contributed by atoms with Gasteiger partial charge in [0.15, 0.2) is 11.6 Å². The van der Waals surface area contributed by atoms with Crippen LogP contribution in [0.15, 0.2) is 85.5 Å². The van der Waals surface area contributed by atoms with E-state index in [1.807, 2.05) is 89.0 Å². The minimum Gasteiger partial charge on any atom is -0.377 e. The normalized spacial score (nSPS) is 20.6. The molecular formula is C44H50Cl2N12O4. The standard InChI is InChI=1S/C44H50Cl2N12O4/c1-53(2)32-13-18-54(25-32)44(60)40(38-27-62-22-20-56(38)42-34-12-16-49-24-36(34)58(52-42)31-9-5-29(46)6-10-31)39(43(59)50-17-14-47)37-26-61-21-19-55(37)41-33-11-15-48-23-35(33)57(51-41)30-7-3-28(45)4-8-30/h3-12,15-16,23-24,32,37-40H,13-14,17-22,25-27,47H2,1-2H3,(H,50,59)/t32-,37?,38?,39?,40?/m0/s1. The summed E-state index contributed by atoms with van der Waals surface area (Å²) < 4.78 is 16.3. The van der Waals surface area contributed by atoms with E-state index in [0.29, 0.717) is 61.1 Å². The van der Waals surface area contributed by atoms with Crippen molar-refractivity contribution < 1.29 is 19.1 Å². The number of rotatable bonds is 12. The number of pyridine rings is 2. The number of nitrogens with two attached hydrogens (primary N) is 1. The third-order valence-electron chi connectivity index (χ3n) is 12.4. The monoisotopic (exact) mass is 880 g/mol. The molecule has 0 radical (unpaired) electrons. The number of anilines is 2. The number of hydrogen-bond acceptors (Lipinski definition) is 12. The fourth-order valence-corrected chi connectivity index (χ4v) is 9.52. The minimum absolute atomic E-state index is 0.128. The first-order chi connectivity index (χ1) is 30.2. The number of benzene rings is 2. The van der Waals surface area contributed by atoms with E-state index >= 15 is 9.59 Å². The van der Waals surface area contributed by atoms with Crippen molar-refractivity contribution in [3.63, 3.8) is 0 Å². The number of aromatic nitrogens is 6. The van der Waals surface area contributed by atoms with Gasteiger partial charge in [-0.3, -0.25) is 19.6 Å². The van der Waals surface area contributed by atoms with Crippen molar-refractivity contribution in [1.82, 2.24) is 44.6 Å². The summed E-state index contributed by atoms with van der Waals surface area (Å²) in [5.41, 5.74) is 9.20. The van der Waals surface area contributed by atoms with Crippen molar-refractivity contribution in [2.75, 3.05) is 89.6 Å². The number of likely N-dealkylation sites (N-methyl/N-ethyl adjacent to an activating group) is 1. The number of carbonyl (C=O) groups excluding carboxylic acids is 2. The van der Waals surface area contributed by atoms with Gasteiger partial charge < -0.3 is 40.1 Å². The Morgan fingerprint density at radius 2 is 1.29 bits per heavy atom. The number of nitrogens with one attached hydrogen (secondary N) is 1. The van der Waals surface area contributed by atoms with Crippen molar-refractivity contribution >= 4 is 68.5 Å². The van der Waals surface area contributed by atoms with E-state index in [9.17, 15) is 0 Å². The Morgan fingerprint density at radius 1 is 0.774 bits per heavy atom. The van der Waals surface area contributed by atoms with E-state index in [-0.39, 0.29) is 44.2 Å². The Labute approximate surface area is 369 Å². The Bertz CT molecular complexity index is 2530. The SMILES string of the molecule is CN(C)[C@H]1CCN(C(=O)C(C(C(=O)NCCN)C2COCCN2c2nn(-c3ccc(Cl)cc3)c3cnccc23)C2COCCN2c2nn(-c3ccc(Cl)cc3)c3cnccc23)C1. The van der Waals surface area contributed by atoms with E-state index < -0.39 is 23.9 Å². The highest BCUT2D eigenvalue weighted by Crippen LogP contribution is 2.40. The van der Waals surface area contributed by atoms with Crippen LogP contribution in [0.3, 0.4) is 0 Å². The lowest BCUT2D eigenvalue weighted by molar-refractivity contribution is -0.145. The topological polar surface area (TPSA) is 165 Å². The van der Waals surface area contributed by atoms with Crippen LogP contribution in [-0.2, 0) is 19.1 Å². The summed E-state index contributed by atoms with van der Waals surface area (Å²) in [6.07, 6.45) is 7.86. The van der Waals surface area contributed by atoms with Crippen LogP contribution in [0.2, 0.25) is 10.0 Å². The van der Waals surface area contributed by atoms with Crippen LogP contribution in [0.1, 0.15) is 6.42 Å². The zero-order chi connectivity index (χ0) is 42.9. The van der Waals surface area contributed by atoms with Gasteiger partial charge in [0.25, 0.3) is 0 Å². The number of morpholine rings is 2. The van der Waals surface area contributed by atoms with Gasteiger partial charge in [-0.25, -0.2) is 9.36 Å². The summed E-state index contributed by atoms with van der Waals surface area (Å²) in [7, 11) is 4.07. The zero-order valence-electron chi connectivity index (χ0n) is 34.7. The van der Waals surface area contributed by atoms with Crippen molar-refractivity contribution in [3.05, 3.63) is 95.5 Å². The van der Waals surface area contributed by atoms with Gasteiger partial charge in [0, 0.05) is 78.5 Å². The molecule has 4 aromatic heterocycles. The summed E-state index contributed by atoms with van der Waals surface area (Å²) in [5.74, 6) is -0.990. The predicted molar refractivity (Wildman–Crippen MR) is 239 cm³/mol. The molecule has 2 amide bonds. The number of nitrogens with zero attached hydrogens (tertiary/aromatic N) is 10. The van der Waals surface area contributed by atoms with E-state index in [1.54, 1.807) is 24.8 Å². The third-order valence-corrected chi connectivity index (χ3v) is 12.9. The van der Waals surface area contributed by atoms with Crippen molar-refractivity contribution in [3.8, 4) is 11.4 Å². The molecule has 3 saturated heterocycles. The molecule has 9 rings (SSSR count). The molecule has 18 heteroatoms. The van der Waals surface area contributed by atoms with E-state index in [4.69, 9.17) is 48.6 Å². The molecule has 0 spiro atoms. The smallest absolute Gasteiger partial charge is 0.228 e. The first-order valence-corrected chi connectivity index (χ1v) is 21.8. The average molecular weight is 882 g/mol. The Balaban J connectivity index is 1.20. The lowest BCUT2D eigenvalue weighted by Gasteiger charge is -2.47. The summed E-state index contributed by atoms with van der Waals surface area (Å²) >= 11 is 12.6. The van der Waals surface area contributed by atoms with Crippen LogP contribution in [0.25, 0.3) is 33.2 Å². The van der Waals surface area contributed by atoms with Gasteiger partial charge in [-0.2, -0.15) is 0 Å². The molecule has 3 aliphatic heterocycles. The van der Waals surface area contributed by atoms with Gasteiger partial charge in [0.05, 0.1) is 85.1 Å². The number of carbonyl (C=O) groups is 2. The molecule has 16 nitrogen and oxygen atoms in total. The molecule has 0 bridgehead atoms. The van der Waals surface area contributed by atoms with Crippen LogP contribution in [0, 0.1) is 11.8 Å². The summed E-state index contributed by atoms with van der Waals surface area (Å²) in [6, 6.07) is 17.7. The van der Waals surface area contributed by atoms with E-state index in [2.05, 4.69) is 30.0 Å². The van der Waals surface area contributed by atoms with Gasteiger partial charge in [-0.1, -0.05) is 23.2 Å². The number of hydrogen-bond donors (Lipinski definition) is 2. The lowest BCUT2D eigenvalue weighted by atomic mass is 9.77. The number of fused-ring (bicyclic) bond motifs is 2. The predicted octanol–water partition coefficient (Wildman–Crippen LogP) is 4.04. The second kappa shape index (κ2) is 18.2. The van der Waals surface area contributed by atoms with Gasteiger partial charge in [0.1, 0.15) is 0 Å². The van der Waals surface area contributed by atoms with Gasteiger partial charge >= 0.3 is 0 Å². The van der Waals surface area contributed by atoms with Crippen LogP contribution in [-0.4, -0.2) is 149 Å². The fraction of sp³-hybridized carbons (Fsp3) is 0.409. The van der Waals surface area contributed by atoms with Crippen LogP contribution in [0.5, 0.6) is 0 Å². The molecule has 324 valence electrons. The maximum atomic E-state index is 15.7. The van der Waals surface area contributed by atoms with E-state index in [0.717, 1.165) is 39.6 Å². The second-order valence-electron chi connectivity index (χ2n) is 16.2. The number of likely N-dealkylation sites (tertiary alicyclic amines) is 1. The molecule has 3 aliphatic rings. The molecule has 62 heavy (non-hydrogen) atoms. The second-order valence-corrected chi connectivity index (χ2v) is 17.1. The number of amides is 2. The van der Waals surface area contributed by atoms with Gasteiger partial charge in [-0.05, 0) is 81.2 Å². The van der Waals surface area contributed by atoms with Crippen molar-refractivity contribution in [2.24, 2.45) is 17.6 Å². The highest BCUT2D eigenvalue weighted by molar-refractivity contribution is 6.30. The van der Waals surface area contributed by atoms with Crippen LogP contribution >= 0.6 is 23.2 Å². The van der Waals surface area contributed by atoms with Crippen molar-refractivity contribution in [2.45, 2.75) is 24.5 Å². The van der Waals surface area contributed by atoms with Gasteiger partial charge in [0.2, 0.25) is 11.8 Å². The zero-order valence-corrected chi connectivity index (χ0v) is 36.2. The minimum atomic E-state index is -0.953. The highest BCUT2D eigenvalue weighted by atomic mass is 35.5. The molecule has 7 heterocycles. The Kier molecular flexibility index (Phi) is 12.3. The molecule has 3 N–H and O–H groups in total. The molecule has 0 saturated carbocycles. The largest absolute Gasteiger partial charge is 0.377 e. The molecule has 4 unspecified atom stereocenters. The summed E-state index contributed by atoms with van der Waals surface area (Å²) in [4.78, 5) is 48.2. The average Bonchev–Trinajstić information content (AvgIpc) is 4.05. The lowest BCUT2D eigenvalue weighted by Crippen LogP contribution is -2.64. The molecular weight excluding hydrogens is 831 g/mol. The third kappa shape index (κ3) is 8.06. The molecule has 2 aromatic carbocycles. The Morgan fingerprint density at radius 3 is 1.77 bits per heavy atom. The maximum Gasteiger partial charge on any atom is 0.228 e. The first-order valence-electron chi connectivity index (χ1n) is 21.0. The maximum absolute atomic E-state index is 15.7. The van der Waals surface area contributed by atoms with Crippen LogP contribution in [0.4, 0.5) is 11.6 Å². The molecule has 5 atom stereocenters. The van der Waals surface area contributed by atoms with E-state index in [1.165, 1.54) is 0 Å². The molecule has 0 aliphatic carbocycles. The first kappa shape index (κ1) is 42.0. The van der Waals surface area contributed by atoms with Crippen LogP contribution < -0.4 is 20.9 Å². The fourth-order valence-electron chi connectivity index (χ4n) is 9.26. The summed E-state index contributed by atoms with van der Waals surface area (Å²) in [6.45, 7) is 3.51. The molecule has 6 aromatic rings. The summed E-state index contributed by atoms with van der Waals surface area (Å²) in [5, 5.41) is 16.5. The number of ether oxygens (including phenoxy) is 2. The quantitative estimate of drug-likeness (QED) is 0.182. The van der Waals surface area contributed by atoms with Crippen molar-refractivity contribution in [1.29, 1.82) is 0 Å². The molecule has 3 fully saturated rings. The number of halogens is 2. The Hall–Kier alpha value is -5.36.